The highest BCUT2D eigenvalue weighted by Crippen LogP contribution is 2.31. The SMILES string of the molecule is CC(C)Cc1nc(CSc2nnnn2C2CCCC2)no1. The topological polar surface area (TPSA) is 82.5 Å². The lowest BCUT2D eigenvalue weighted by atomic mass is 10.1. The smallest absolute Gasteiger partial charge is 0.226 e. The average Bonchev–Trinajstić information content (AvgIpc) is 3.17. The minimum absolute atomic E-state index is 0.448. The van der Waals surface area contributed by atoms with Gasteiger partial charge in [0.2, 0.25) is 11.0 Å². The Hall–Kier alpha value is -1.44. The minimum atomic E-state index is 0.448. The molecule has 0 N–H and O–H groups in total. The molecule has 7 nitrogen and oxygen atoms in total. The van der Waals surface area contributed by atoms with Crippen LogP contribution in [-0.4, -0.2) is 30.3 Å². The van der Waals surface area contributed by atoms with Crippen molar-refractivity contribution in [2.24, 2.45) is 5.92 Å². The molecule has 0 radical (unpaired) electrons. The Bertz CT molecular complexity index is 575. The van der Waals surface area contributed by atoms with Crippen molar-refractivity contribution < 1.29 is 4.52 Å². The van der Waals surface area contributed by atoms with Crippen molar-refractivity contribution in [2.45, 2.75) is 62.9 Å². The second kappa shape index (κ2) is 6.55. The lowest BCUT2D eigenvalue weighted by Crippen LogP contribution is -2.08. The second-order valence-electron chi connectivity index (χ2n) is 5.84. The number of tetrazole rings is 1. The summed E-state index contributed by atoms with van der Waals surface area (Å²) in [6.45, 7) is 4.27. The molecule has 1 aliphatic carbocycles. The van der Waals surface area contributed by atoms with Gasteiger partial charge >= 0.3 is 0 Å². The van der Waals surface area contributed by atoms with Crippen LogP contribution in [0.3, 0.4) is 0 Å². The number of aromatic nitrogens is 6. The molecule has 0 saturated heterocycles. The van der Waals surface area contributed by atoms with E-state index < -0.39 is 0 Å². The monoisotopic (exact) mass is 308 g/mol. The van der Waals surface area contributed by atoms with Gasteiger partial charge in [-0.2, -0.15) is 4.98 Å². The molecule has 114 valence electrons. The highest BCUT2D eigenvalue weighted by atomic mass is 32.2. The molecule has 2 heterocycles. The van der Waals surface area contributed by atoms with E-state index >= 15 is 0 Å². The van der Waals surface area contributed by atoms with Crippen LogP contribution in [0.25, 0.3) is 0 Å². The van der Waals surface area contributed by atoms with Crippen molar-refractivity contribution in [3.63, 3.8) is 0 Å². The van der Waals surface area contributed by atoms with Crippen LogP contribution >= 0.6 is 11.8 Å². The number of rotatable bonds is 6. The molecule has 3 rings (SSSR count). The minimum Gasteiger partial charge on any atom is -0.339 e. The fourth-order valence-corrected chi connectivity index (χ4v) is 3.36. The number of nitrogens with zero attached hydrogens (tertiary/aromatic N) is 6. The van der Waals surface area contributed by atoms with Crippen LogP contribution in [0.4, 0.5) is 0 Å². The second-order valence-corrected chi connectivity index (χ2v) is 6.78. The summed E-state index contributed by atoms with van der Waals surface area (Å²) in [6, 6.07) is 0.448. The molecule has 2 aromatic rings. The molecule has 0 spiro atoms. The molecule has 0 aromatic carbocycles. The highest BCUT2D eigenvalue weighted by molar-refractivity contribution is 7.98. The summed E-state index contributed by atoms with van der Waals surface area (Å²) in [5.74, 6) is 2.56. The molecule has 0 amide bonds. The third-order valence-electron chi connectivity index (χ3n) is 3.56. The van der Waals surface area contributed by atoms with E-state index in [4.69, 9.17) is 4.52 Å². The third-order valence-corrected chi connectivity index (χ3v) is 4.49. The van der Waals surface area contributed by atoms with Crippen LogP contribution in [0.1, 0.15) is 57.3 Å². The predicted octanol–water partition coefficient (Wildman–Crippen LogP) is 2.66. The first-order valence-electron chi connectivity index (χ1n) is 7.44. The molecule has 21 heavy (non-hydrogen) atoms. The Labute approximate surface area is 127 Å². The van der Waals surface area contributed by atoms with Gasteiger partial charge in [0.25, 0.3) is 0 Å². The van der Waals surface area contributed by atoms with Crippen LogP contribution in [0.2, 0.25) is 0 Å². The van der Waals surface area contributed by atoms with Crippen LogP contribution < -0.4 is 0 Å². The van der Waals surface area contributed by atoms with Gasteiger partial charge in [0.1, 0.15) is 0 Å². The Morgan fingerprint density at radius 3 is 2.90 bits per heavy atom. The predicted molar refractivity (Wildman–Crippen MR) is 77.7 cm³/mol. The van der Waals surface area contributed by atoms with Gasteiger partial charge in [-0.1, -0.05) is 43.6 Å². The van der Waals surface area contributed by atoms with E-state index in [1.165, 1.54) is 25.7 Å². The Kier molecular flexibility index (Phi) is 4.52. The van der Waals surface area contributed by atoms with E-state index in [2.05, 4.69) is 39.5 Å². The molecule has 1 saturated carbocycles. The third kappa shape index (κ3) is 3.61. The zero-order valence-electron chi connectivity index (χ0n) is 12.4. The quantitative estimate of drug-likeness (QED) is 0.759. The molecule has 0 bridgehead atoms. The van der Waals surface area contributed by atoms with Gasteiger partial charge in [0.05, 0.1) is 11.8 Å². The van der Waals surface area contributed by atoms with Crippen molar-refractivity contribution in [1.29, 1.82) is 0 Å². The zero-order valence-corrected chi connectivity index (χ0v) is 13.2. The molecular weight excluding hydrogens is 288 g/mol. The van der Waals surface area contributed by atoms with E-state index in [1.807, 2.05) is 4.68 Å². The summed E-state index contributed by atoms with van der Waals surface area (Å²) in [4.78, 5) is 4.40. The van der Waals surface area contributed by atoms with Crippen LogP contribution in [-0.2, 0) is 12.2 Å². The van der Waals surface area contributed by atoms with Crippen molar-refractivity contribution in [3.8, 4) is 0 Å². The van der Waals surface area contributed by atoms with E-state index in [1.54, 1.807) is 11.8 Å². The molecular formula is C13H20N6OS. The average molecular weight is 308 g/mol. The highest BCUT2D eigenvalue weighted by Gasteiger charge is 2.22. The maximum Gasteiger partial charge on any atom is 0.226 e. The Morgan fingerprint density at radius 1 is 1.33 bits per heavy atom. The molecule has 8 heteroatoms. The number of thioether (sulfide) groups is 1. The van der Waals surface area contributed by atoms with Gasteiger partial charge in [-0.05, 0) is 29.2 Å². The zero-order chi connectivity index (χ0) is 14.7. The summed E-state index contributed by atoms with van der Waals surface area (Å²) in [5, 5.41) is 16.9. The van der Waals surface area contributed by atoms with Gasteiger partial charge in [-0.15, -0.1) is 5.10 Å². The first-order chi connectivity index (χ1) is 10.2. The summed E-state index contributed by atoms with van der Waals surface area (Å²) in [7, 11) is 0. The van der Waals surface area contributed by atoms with Gasteiger partial charge in [0.15, 0.2) is 5.82 Å². The van der Waals surface area contributed by atoms with Gasteiger partial charge in [-0.25, -0.2) is 4.68 Å². The largest absolute Gasteiger partial charge is 0.339 e. The van der Waals surface area contributed by atoms with Crippen molar-refractivity contribution in [2.75, 3.05) is 0 Å². The fraction of sp³-hybridized carbons (Fsp3) is 0.769. The van der Waals surface area contributed by atoms with Crippen LogP contribution in [0.15, 0.2) is 9.68 Å². The molecule has 2 aromatic heterocycles. The first-order valence-corrected chi connectivity index (χ1v) is 8.43. The van der Waals surface area contributed by atoms with Gasteiger partial charge in [-0.3, -0.25) is 0 Å². The lowest BCUT2D eigenvalue weighted by Gasteiger charge is -2.09. The Balaban J connectivity index is 1.60. The molecule has 0 unspecified atom stereocenters. The van der Waals surface area contributed by atoms with Gasteiger partial charge in [0, 0.05) is 6.42 Å². The van der Waals surface area contributed by atoms with Crippen molar-refractivity contribution >= 4 is 11.8 Å². The van der Waals surface area contributed by atoms with Crippen LogP contribution in [0.5, 0.6) is 0 Å². The standard InChI is InChI=1S/C13H20N6OS/c1-9(2)7-12-14-11(16-20-12)8-21-13-15-17-18-19(13)10-5-3-4-6-10/h9-10H,3-8H2,1-2H3. The first kappa shape index (κ1) is 14.5. The van der Waals surface area contributed by atoms with E-state index in [0.717, 1.165) is 11.6 Å². The normalized spacial score (nSPS) is 16.1. The van der Waals surface area contributed by atoms with Gasteiger partial charge < -0.3 is 4.52 Å². The molecule has 1 aliphatic rings. The molecule has 0 aliphatic heterocycles. The summed E-state index contributed by atoms with van der Waals surface area (Å²) in [5.41, 5.74) is 0. The number of hydrogen-bond acceptors (Lipinski definition) is 7. The molecule has 1 fully saturated rings. The van der Waals surface area contributed by atoms with Crippen molar-refractivity contribution in [1.82, 2.24) is 30.3 Å². The summed E-state index contributed by atoms with van der Waals surface area (Å²) >= 11 is 1.57. The fourth-order valence-electron chi connectivity index (χ4n) is 2.57. The lowest BCUT2D eigenvalue weighted by molar-refractivity contribution is 0.360. The van der Waals surface area contributed by atoms with Crippen LogP contribution in [0, 0.1) is 5.92 Å². The maximum atomic E-state index is 5.24. The summed E-state index contributed by atoms with van der Waals surface area (Å²) in [6.07, 6.45) is 5.67. The van der Waals surface area contributed by atoms with E-state index in [9.17, 15) is 0 Å². The van der Waals surface area contributed by atoms with E-state index in [-0.39, 0.29) is 0 Å². The van der Waals surface area contributed by atoms with Crippen molar-refractivity contribution in [3.05, 3.63) is 11.7 Å². The number of hydrogen-bond donors (Lipinski definition) is 0. The van der Waals surface area contributed by atoms with E-state index in [0.29, 0.717) is 29.4 Å². The summed E-state index contributed by atoms with van der Waals surface area (Å²) < 4.78 is 7.19. The maximum absolute atomic E-state index is 5.24. The molecule has 0 atom stereocenters. The Morgan fingerprint density at radius 2 is 2.14 bits per heavy atom.